The highest BCUT2D eigenvalue weighted by Crippen LogP contribution is 2.24. The van der Waals surface area contributed by atoms with E-state index < -0.39 is 0 Å². The molecule has 0 saturated heterocycles. The first-order valence-electron chi connectivity index (χ1n) is 8.13. The van der Waals surface area contributed by atoms with E-state index in [-0.39, 0.29) is 5.92 Å². The van der Waals surface area contributed by atoms with Crippen molar-refractivity contribution in [1.82, 2.24) is 15.3 Å². The molecule has 1 aromatic heterocycles. The first-order chi connectivity index (χ1) is 11.3. The van der Waals surface area contributed by atoms with Crippen LogP contribution in [-0.2, 0) is 16.1 Å². The van der Waals surface area contributed by atoms with Gasteiger partial charge in [0.25, 0.3) is 0 Å². The van der Waals surface area contributed by atoms with Gasteiger partial charge in [-0.3, -0.25) is 4.79 Å². The van der Waals surface area contributed by atoms with E-state index in [0.717, 1.165) is 42.7 Å². The first kappa shape index (κ1) is 19.1. The summed E-state index contributed by atoms with van der Waals surface area (Å²) in [6.07, 6.45) is 2.65. The molecule has 2 rings (SSSR count). The average molecular weight is 320 g/mol. The molecule has 1 aromatic carbocycles. The van der Waals surface area contributed by atoms with Gasteiger partial charge in [-0.2, -0.15) is 0 Å². The molecule has 0 aliphatic rings. The van der Waals surface area contributed by atoms with Crippen molar-refractivity contribution in [2.75, 3.05) is 20.3 Å². The normalized spacial score (nSPS) is 11.7. The maximum absolute atomic E-state index is 10.6. The van der Waals surface area contributed by atoms with Gasteiger partial charge in [0.1, 0.15) is 5.82 Å². The van der Waals surface area contributed by atoms with E-state index in [1.54, 1.807) is 7.11 Å². The van der Waals surface area contributed by atoms with E-state index in [9.17, 15) is 4.79 Å². The maximum atomic E-state index is 10.6. The number of carbonyl (C=O) groups is 1. The number of nitrogens with one attached hydrogen (secondary N) is 2. The van der Waals surface area contributed by atoms with Crippen LogP contribution in [0.25, 0.3) is 11.0 Å². The van der Waals surface area contributed by atoms with Gasteiger partial charge in [0.05, 0.1) is 17.6 Å². The third-order valence-corrected chi connectivity index (χ3v) is 3.57. The zero-order valence-corrected chi connectivity index (χ0v) is 14.3. The van der Waals surface area contributed by atoms with Crippen molar-refractivity contribution in [2.45, 2.75) is 39.2 Å². The SMILES string of the molecule is CC.COCCCC(CNC=O)c1ccc2nc(CN)[nH]c2c1. The monoisotopic (exact) mass is 320 g/mol. The van der Waals surface area contributed by atoms with Crippen molar-refractivity contribution >= 4 is 17.4 Å². The number of amides is 1. The molecule has 0 radical (unpaired) electrons. The van der Waals surface area contributed by atoms with Crippen molar-refractivity contribution in [2.24, 2.45) is 5.73 Å². The summed E-state index contributed by atoms with van der Waals surface area (Å²) in [5.74, 6) is 1.04. The summed E-state index contributed by atoms with van der Waals surface area (Å²) < 4.78 is 5.10. The van der Waals surface area contributed by atoms with Crippen molar-refractivity contribution in [3.05, 3.63) is 29.6 Å². The van der Waals surface area contributed by atoms with E-state index in [2.05, 4.69) is 27.4 Å². The quantitative estimate of drug-likeness (QED) is 0.488. The van der Waals surface area contributed by atoms with Crippen molar-refractivity contribution in [3.8, 4) is 0 Å². The number of hydrogen-bond acceptors (Lipinski definition) is 4. The summed E-state index contributed by atoms with van der Waals surface area (Å²) in [5, 5.41) is 2.77. The van der Waals surface area contributed by atoms with Gasteiger partial charge < -0.3 is 20.8 Å². The van der Waals surface area contributed by atoms with Gasteiger partial charge >= 0.3 is 0 Å². The van der Waals surface area contributed by atoms with Crippen LogP contribution in [0.3, 0.4) is 0 Å². The van der Waals surface area contributed by atoms with Crippen LogP contribution in [0.4, 0.5) is 0 Å². The lowest BCUT2D eigenvalue weighted by Gasteiger charge is -2.16. The van der Waals surface area contributed by atoms with Gasteiger partial charge in [-0.15, -0.1) is 0 Å². The Morgan fingerprint density at radius 1 is 1.43 bits per heavy atom. The largest absolute Gasteiger partial charge is 0.385 e. The van der Waals surface area contributed by atoms with Crippen molar-refractivity contribution in [3.63, 3.8) is 0 Å². The number of carbonyl (C=O) groups excluding carboxylic acids is 1. The van der Waals surface area contributed by atoms with Gasteiger partial charge in [-0.25, -0.2) is 4.98 Å². The van der Waals surface area contributed by atoms with Crippen LogP contribution in [0.5, 0.6) is 0 Å². The number of nitrogens with zero attached hydrogens (tertiary/aromatic N) is 1. The molecule has 0 saturated carbocycles. The Balaban J connectivity index is 0.00000127. The highest BCUT2D eigenvalue weighted by atomic mass is 16.5. The van der Waals surface area contributed by atoms with Crippen LogP contribution in [0.1, 0.15) is 44.0 Å². The first-order valence-corrected chi connectivity index (χ1v) is 8.13. The maximum Gasteiger partial charge on any atom is 0.207 e. The number of aromatic nitrogens is 2. The van der Waals surface area contributed by atoms with Gasteiger partial charge in [0, 0.05) is 26.2 Å². The lowest BCUT2D eigenvalue weighted by molar-refractivity contribution is -0.109. The molecule has 0 spiro atoms. The third-order valence-electron chi connectivity index (χ3n) is 3.57. The molecule has 128 valence electrons. The summed E-state index contributed by atoms with van der Waals surface area (Å²) in [6, 6.07) is 6.14. The molecular weight excluding hydrogens is 292 g/mol. The molecule has 1 amide bonds. The molecule has 1 atom stereocenters. The highest BCUT2D eigenvalue weighted by molar-refractivity contribution is 5.76. The lowest BCUT2D eigenvalue weighted by atomic mass is 9.94. The molecule has 6 nitrogen and oxygen atoms in total. The fourth-order valence-electron chi connectivity index (χ4n) is 2.48. The Bertz CT molecular complexity index is 583. The minimum atomic E-state index is 0.263. The Morgan fingerprint density at radius 3 is 2.87 bits per heavy atom. The number of ether oxygens (including phenoxy) is 1. The fourth-order valence-corrected chi connectivity index (χ4v) is 2.48. The third kappa shape index (κ3) is 5.65. The van der Waals surface area contributed by atoms with Crippen LogP contribution in [0.15, 0.2) is 18.2 Å². The molecule has 0 bridgehead atoms. The van der Waals surface area contributed by atoms with E-state index >= 15 is 0 Å². The van der Waals surface area contributed by atoms with Crippen LogP contribution in [0, 0.1) is 0 Å². The van der Waals surface area contributed by atoms with Gasteiger partial charge in [-0.05, 0) is 30.5 Å². The number of imidazole rings is 1. The minimum Gasteiger partial charge on any atom is -0.385 e. The zero-order valence-electron chi connectivity index (χ0n) is 14.3. The standard InChI is InChI=1S/C15H22N4O2.C2H6/c1-21-6-2-3-12(9-17-10-20)11-4-5-13-14(7-11)19-15(8-16)18-13;1-2/h4-5,7,10,12H,2-3,6,8-9,16H2,1H3,(H,17,20)(H,18,19);1-2H3. The Hall–Kier alpha value is -1.92. The molecule has 4 N–H and O–H groups in total. The van der Waals surface area contributed by atoms with Crippen LogP contribution >= 0.6 is 0 Å². The van der Waals surface area contributed by atoms with E-state index in [1.165, 1.54) is 5.56 Å². The number of nitrogens with two attached hydrogens (primary N) is 1. The number of methoxy groups -OCH3 is 1. The number of fused-ring (bicyclic) bond motifs is 1. The van der Waals surface area contributed by atoms with Crippen LogP contribution in [-0.4, -0.2) is 36.6 Å². The second-order valence-corrected chi connectivity index (χ2v) is 5.02. The van der Waals surface area contributed by atoms with Gasteiger partial charge in [0.2, 0.25) is 6.41 Å². The predicted octanol–water partition coefficient (Wildman–Crippen LogP) is 2.30. The van der Waals surface area contributed by atoms with Crippen molar-refractivity contribution < 1.29 is 9.53 Å². The highest BCUT2D eigenvalue weighted by Gasteiger charge is 2.13. The van der Waals surface area contributed by atoms with Crippen LogP contribution in [0.2, 0.25) is 0 Å². The number of hydrogen-bond donors (Lipinski definition) is 3. The number of rotatable bonds is 9. The minimum absolute atomic E-state index is 0.263. The van der Waals surface area contributed by atoms with Crippen LogP contribution < -0.4 is 11.1 Å². The molecular formula is C17H28N4O2. The van der Waals surface area contributed by atoms with E-state index in [4.69, 9.17) is 10.5 Å². The molecule has 0 aliphatic carbocycles. The summed E-state index contributed by atoms with van der Waals surface area (Å²) in [5.41, 5.74) is 8.68. The molecule has 2 aromatic rings. The summed E-state index contributed by atoms with van der Waals surface area (Å²) in [4.78, 5) is 18.2. The fraction of sp³-hybridized carbons (Fsp3) is 0.529. The van der Waals surface area contributed by atoms with E-state index in [1.807, 2.05) is 19.9 Å². The topological polar surface area (TPSA) is 93.0 Å². The smallest absolute Gasteiger partial charge is 0.207 e. The molecule has 23 heavy (non-hydrogen) atoms. The second kappa shape index (κ2) is 10.7. The number of H-pyrrole nitrogens is 1. The number of benzene rings is 1. The summed E-state index contributed by atoms with van der Waals surface area (Å²) >= 11 is 0. The van der Waals surface area contributed by atoms with Crippen molar-refractivity contribution in [1.29, 1.82) is 0 Å². The molecule has 0 fully saturated rings. The Kier molecular flexibility index (Phi) is 8.94. The Labute approximate surface area is 137 Å². The van der Waals surface area contributed by atoms with Gasteiger partial charge in [0.15, 0.2) is 0 Å². The lowest BCUT2D eigenvalue weighted by Crippen LogP contribution is -2.20. The number of aromatic amines is 1. The molecule has 1 unspecified atom stereocenters. The molecule has 6 heteroatoms. The predicted molar refractivity (Wildman–Crippen MR) is 93.3 cm³/mol. The second-order valence-electron chi connectivity index (χ2n) is 5.02. The summed E-state index contributed by atoms with van der Waals surface area (Å²) in [6.45, 7) is 5.74. The average Bonchev–Trinajstić information content (AvgIpc) is 3.02. The zero-order chi connectivity index (χ0) is 17.1. The molecule has 0 aliphatic heterocycles. The Morgan fingerprint density at radius 2 is 2.22 bits per heavy atom. The summed E-state index contributed by atoms with van der Waals surface area (Å²) in [7, 11) is 1.70. The van der Waals surface area contributed by atoms with Gasteiger partial charge in [-0.1, -0.05) is 19.9 Å². The molecule has 1 heterocycles. The van der Waals surface area contributed by atoms with E-state index in [0.29, 0.717) is 13.1 Å².